The fourth-order valence-electron chi connectivity index (χ4n) is 2.64. The number of likely N-dealkylation sites (tertiary alicyclic amines) is 1. The van der Waals surface area contributed by atoms with Crippen LogP contribution >= 0.6 is 0 Å². The summed E-state index contributed by atoms with van der Waals surface area (Å²) in [4.78, 5) is 29.0. The summed E-state index contributed by atoms with van der Waals surface area (Å²) < 4.78 is 23.8. The van der Waals surface area contributed by atoms with Crippen molar-refractivity contribution in [1.29, 1.82) is 0 Å². The highest BCUT2D eigenvalue weighted by molar-refractivity contribution is 5.70. The third kappa shape index (κ3) is 4.91. The van der Waals surface area contributed by atoms with E-state index in [0.29, 0.717) is 31.6 Å². The van der Waals surface area contributed by atoms with Crippen LogP contribution in [0.3, 0.4) is 0 Å². The van der Waals surface area contributed by atoms with E-state index in [1.54, 1.807) is 4.90 Å². The van der Waals surface area contributed by atoms with Crippen LogP contribution in [0, 0.1) is 5.82 Å². The SMILES string of the molecule is CC(=O)Oc1cc(F)cnc1C1CCN(C(=O)OC(C)(C)C)CC1. The van der Waals surface area contributed by atoms with Gasteiger partial charge in [-0.2, -0.15) is 0 Å². The third-order valence-corrected chi connectivity index (χ3v) is 3.64. The zero-order valence-electron chi connectivity index (χ0n) is 14.5. The van der Waals surface area contributed by atoms with E-state index in [0.717, 1.165) is 6.20 Å². The van der Waals surface area contributed by atoms with Crippen molar-refractivity contribution in [3.05, 3.63) is 23.8 Å². The molecular weight excluding hydrogens is 315 g/mol. The van der Waals surface area contributed by atoms with Crippen molar-refractivity contribution in [3.8, 4) is 5.75 Å². The number of carbonyl (C=O) groups is 2. The zero-order valence-corrected chi connectivity index (χ0v) is 14.5. The second-order valence-corrected chi connectivity index (χ2v) is 6.87. The lowest BCUT2D eigenvalue weighted by atomic mass is 9.92. The number of aromatic nitrogens is 1. The Hall–Kier alpha value is -2.18. The highest BCUT2D eigenvalue weighted by Gasteiger charge is 2.29. The van der Waals surface area contributed by atoms with E-state index in [4.69, 9.17) is 9.47 Å². The van der Waals surface area contributed by atoms with Gasteiger partial charge in [0.1, 0.15) is 11.4 Å². The number of carbonyl (C=O) groups excluding carboxylic acids is 2. The first-order chi connectivity index (χ1) is 11.2. The molecule has 1 saturated heterocycles. The Balaban J connectivity index is 2.04. The quantitative estimate of drug-likeness (QED) is 0.774. The van der Waals surface area contributed by atoms with Crippen LogP contribution in [0.2, 0.25) is 0 Å². The summed E-state index contributed by atoms with van der Waals surface area (Å²) in [5.41, 5.74) is 0.0185. The molecule has 1 aliphatic rings. The number of hydrogen-bond acceptors (Lipinski definition) is 5. The molecule has 1 fully saturated rings. The number of esters is 1. The van der Waals surface area contributed by atoms with Gasteiger partial charge in [-0.1, -0.05) is 0 Å². The zero-order chi connectivity index (χ0) is 17.9. The molecule has 0 bridgehead atoms. The molecule has 0 aliphatic carbocycles. The first kappa shape index (κ1) is 18.2. The summed E-state index contributed by atoms with van der Waals surface area (Å²) in [6.07, 6.45) is 2.06. The van der Waals surface area contributed by atoms with Crippen molar-refractivity contribution >= 4 is 12.1 Å². The molecule has 0 unspecified atom stereocenters. The van der Waals surface area contributed by atoms with Gasteiger partial charge in [-0.25, -0.2) is 9.18 Å². The Kier molecular flexibility index (Phi) is 5.41. The predicted molar refractivity (Wildman–Crippen MR) is 85.3 cm³/mol. The molecular formula is C17H23FN2O4. The van der Waals surface area contributed by atoms with E-state index >= 15 is 0 Å². The number of rotatable bonds is 2. The fraction of sp³-hybridized carbons (Fsp3) is 0.588. The first-order valence-electron chi connectivity index (χ1n) is 7.97. The normalized spacial score (nSPS) is 16.0. The van der Waals surface area contributed by atoms with Gasteiger partial charge in [-0.05, 0) is 33.6 Å². The van der Waals surface area contributed by atoms with Crippen molar-refractivity contribution in [1.82, 2.24) is 9.88 Å². The van der Waals surface area contributed by atoms with Gasteiger partial charge >= 0.3 is 12.1 Å². The Morgan fingerprint density at radius 2 is 1.92 bits per heavy atom. The number of hydrogen-bond donors (Lipinski definition) is 0. The van der Waals surface area contributed by atoms with E-state index in [2.05, 4.69) is 4.98 Å². The minimum atomic E-state index is -0.554. The molecule has 0 aromatic carbocycles. The molecule has 0 radical (unpaired) electrons. The smallest absolute Gasteiger partial charge is 0.410 e. The van der Waals surface area contributed by atoms with Crippen LogP contribution in [0.5, 0.6) is 5.75 Å². The Bertz CT molecular complexity index is 620. The number of halogens is 1. The van der Waals surface area contributed by atoms with Crippen LogP contribution in [-0.4, -0.2) is 40.6 Å². The fourth-order valence-corrected chi connectivity index (χ4v) is 2.64. The summed E-state index contributed by atoms with van der Waals surface area (Å²) in [5.74, 6) is -0.923. The maximum absolute atomic E-state index is 13.4. The molecule has 24 heavy (non-hydrogen) atoms. The summed E-state index contributed by atoms with van der Waals surface area (Å²) >= 11 is 0. The number of piperidine rings is 1. The summed E-state index contributed by atoms with van der Waals surface area (Å²) in [5, 5.41) is 0. The van der Waals surface area contributed by atoms with Crippen LogP contribution in [0.4, 0.5) is 9.18 Å². The van der Waals surface area contributed by atoms with Crippen molar-refractivity contribution in [3.63, 3.8) is 0 Å². The summed E-state index contributed by atoms with van der Waals surface area (Å²) in [6, 6.07) is 1.17. The van der Waals surface area contributed by atoms with Crippen LogP contribution in [0.25, 0.3) is 0 Å². The molecule has 2 heterocycles. The highest BCUT2D eigenvalue weighted by atomic mass is 19.1. The monoisotopic (exact) mass is 338 g/mol. The Morgan fingerprint density at radius 1 is 1.29 bits per heavy atom. The van der Waals surface area contributed by atoms with Crippen LogP contribution in [-0.2, 0) is 9.53 Å². The van der Waals surface area contributed by atoms with Crippen molar-refractivity contribution in [2.45, 2.75) is 52.1 Å². The maximum Gasteiger partial charge on any atom is 0.410 e. The molecule has 0 atom stereocenters. The van der Waals surface area contributed by atoms with Crippen LogP contribution in [0.15, 0.2) is 12.3 Å². The van der Waals surface area contributed by atoms with E-state index < -0.39 is 17.4 Å². The Morgan fingerprint density at radius 3 is 2.46 bits per heavy atom. The van der Waals surface area contributed by atoms with Gasteiger partial charge in [-0.15, -0.1) is 0 Å². The number of nitrogens with zero attached hydrogens (tertiary/aromatic N) is 2. The lowest BCUT2D eigenvalue weighted by Crippen LogP contribution is -2.41. The topological polar surface area (TPSA) is 68.7 Å². The van der Waals surface area contributed by atoms with Gasteiger partial charge in [-0.3, -0.25) is 9.78 Å². The second-order valence-electron chi connectivity index (χ2n) is 6.87. The van der Waals surface area contributed by atoms with E-state index in [-0.39, 0.29) is 17.8 Å². The molecule has 1 aromatic heterocycles. The first-order valence-corrected chi connectivity index (χ1v) is 7.97. The summed E-state index contributed by atoms with van der Waals surface area (Å²) in [6.45, 7) is 7.76. The van der Waals surface area contributed by atoms with E-state index in [1.165, 1.54) is 13.0 Å². The van der Waals surface area contributed by atoms with E-state index in [1.807, 2.05) is 20.8 Å². The van der Waals surface area contributed by atoms with Crippen molar-refractivity contribution < 1.29 is 23.5 Å². The molecule has 132 valence electrons. The molecule has 1 aliphatic heterocycles. The van der Waals surface area contributed by atoms with Gasteiger partial charge < -0.3 is 14.4 Å². The Labute approximate surface area is 141 Å². The molecule has 2 rings (SSSR count). The number of ether oxygens (including phenoxy) is 2. The van der Waals surface area contributed by atoms with E-state index in [9.17, 15) is 14.0 Å². The molecule has 0 spiro atoms. The average molecular weight is 338 g/mol. The van der Waals surface area contributed by atoms with Crippen LogP contribution in [0.1, 0.15) is 52.1 Å². The van der Waals surface area contributed by atoms with Gasteiger partial charge in [0.2, 0.25) is 0 Å². The minimum Gasteiger partial charge on any atom is -0.444 e. The standard InChI is InChI=1S/C17H23FN2O4/c1-11(21)23-14-9-13(18)10-19-15(14)12-5-7-20(8-6-12)16(22)24-17(2,3)4/h9-10,12H,5-8H2,1-4H3. The molecule has 1 aromatic rings. The van der Waals surface area contributed by atoms with Gasteiger partial charge in [0.25, 0.3) is 0 Å². The maximum atomic E-state index is 13.4. The third-order valence-electron chi connectivity index (χ3n) is 3.64. The predicted octanol–water partition coefficient (Wildman–Crippen LogP) is 3.26. The highest BCUT2D eigenvalue weighted by Crippen LogP contribution is 2.33. The molecule has 6 nitrogen and oxygen atoms in total. The second kappa shape index (κ2) is 7.15. The average Bonchev–Trinajstić information content (AvgIpc) is 2.45. The lowest BCUT2D eigenvalue weighted by Gasteiger charge is -2.33. The molecule has 0 N–H and O–H groups in total. The molecule has 7 heteroatoms. The molecule has 0 saturated carbocycles. The van der Waals surface area contributed by atoms with Crippen molar-refractivity contribution in [2.75, 3.05) is 13.1 Å². The molecule has 1 amide bonds. The minimum absolute atomic E-state index is 0.00126. The largest absolute Gasteiger partial charge is 0.444 e. The lowest BCUT2D eigenvalue weighted by molar-refractivity contribution is -0.132. The van der Waals surface area contributed by atoms with Crippen LogP contribution < -0.4 is 4.74 Å². The van der Waals surface area contributed by atoms with Crippen molar-refractivity contribution in [2.24, 2.45) is 0 Å². The van der Waals surface area contributed by atoms with Gasteiger partial charge in [0, 0.05) is 32.0 Å². The van der Waals surface area contributed by atoms with Gasteiger partial charge in [0.15, 0.2) is 5.75 Å². The summed E-state index contributed by atoms with van der Waals surface area (Å²) in [7, 11) is 0. The number of amides is 1. The number of pyridine rings is 1. The van der Waals surface area contributed by atoms with Gasteiger partial charge in [0.05, 0.1) is 11.9 Å².